The second kappa shape index (κ2) is 5.72. The number of pyridine rings is 1. The van der Waals surface area contributed by atoms with E-state index in [9.17, 15) is 9.59 Å². The molecule has 7 nitrogen and oxygen atoms in total. The third-order valence-corrected chi connectivity index (χ3v) is 3.10. The van der Waals surface area contributed by atoms with Gasteiger partial charge in [0.25, 0.3) is 5.91 Å². The number of hydrogen-bond acceptors (Lipinski definition) is 5. The van der Waals surface area contributed by atoms with Crippen LogP contribution < -0.4 is 14.8 Å². The van der Waals surface area contributed by atoms with Crippen molar-refractivity contribution in [2.75, 3.05) is 18.5 Å². The molecule has 1 aromatic heterocycles. The van der Waals surface area contributed by atoms with Crippen LogP contribution in [0.4, 0.5) is 5.69 Å². The standard InChI is InChI=1S/C15H12N2O5/c18-14(10-3-4-16-8-11(10)15(19)20)17-9-1-2-12-13(7-9)22-6-5-21-12/h1-4,7-8H,5-6H2,(H,17,18)(H,19,20). The largest absolute Gasteiger partial charge is 0.486 e. The van der Waals surface area contributed by atoms with Crippen molar-refractivity contribution >= 4 is 17.6 Å². The number of rotatable bonds is 3. The van der Waals surface area contributed by atoms with Crippen LogP contribution in [0.5, 0.6) is 11.5 Å². The van der Waals surface area contributed by atoms with Crippen molar-refractivity contribution in [3.63, 3.8) is 0 Å². The molecule has 1 aliphatic rings. The monoisotopic (exact) mass is 300 g/mol. The summed E-state index contributed by atoms with van der Waals surface area (Å²) in [6.07, 6.45) is 2.51. The minimum absolute atomic E-state index is 0.0392. The molecule has 0 unspecified atom stereocenters. The number of anilines is 1. The number of amides is 1. The normalized spacial score (nSPS) is 12.5. The second-order valence-electron chi connectivity index (χ2n) is 4.54. The van der Waals surface area contributed by atoms with E-state index in [0.29, 0.717) is 30.4 Å². The number of carbonyl (C=O) groups excluding carboxylic acids is 1. The van der Waals surface area contributed by atoms with E-state index in [1.807, 2.05) is 0 Å². The molecular formula is C15H12N2O5. The first-order valence-electron chi connectivity index (χ1n) is 6.53. The number of benzene rings is 1. The van der Waals surface area contributed by atoms with E-state index in [1.54, 1.807) is 18.2 Å². The van der Waals surface area contributed by atoms with E-state index in [1.165, 1.54) is 12.3 Å². The number of carboxylic acid groups (broad SMARTS) is 1. The van der Waals surface area contributed by atoms with Crippen molar-refractivity contribution in [1.29, 1.82) is 0 Å². The van der Waals surface area contributed by atoms with Crippen LogP contribution in [0.2, 0.25) is 0 Å². The van der Waals surface area contributed by atoms with Gasteiger partial charge in [-0.3, -0.25) is 9.78 Å². The van der Waals surface area contributed by atoms with Gasteiger partial charge in [0.05, 0.1) is 11.1 Å². The number of aromatic nitrogens is 1. The van der Waals surface area contributed by atoms with Crippen LogP contribution in [0.15, 0.2) is 36.7 Å². The fourth-order valence-corrected chi connectivity index (χ4v) is 2.08. The van der Waals surface area contributed by atoms with E-state index in [2.05, 4.69) is 10.3 Å². The molecule has 1 aliphatic heterocycles. The third kappa shape index (κ3) is 2.69. The highest BCUT2D eigenvalue weighted by molar-refractivity contribution is 6.10. The molecule has 2 heterocycles. The van der Waals surface area contributed by atoms with Crippen LogP contribution in [0.3, 0.4) is 0 Å². The molecule has 0 fully saturated rings. The fraction of sp³-hybridized carbons (Fsp3) is 0.133. The summed E-state index contributed by atoms with van der Waals surface area (Å²) < 4.78 is 10.8. The Morgan fingerprint density at radius 1 is 1.09 bits per heavy atom. The van der Waals surface area contributed by atoms with Crippen LogP contribution in [-0.4, -0.2) is 35.2 Å². The lowest BCUT2D eigenvalue weighted by atomic mass is 10.1. The Labute approximate surface area is 125 Å². The molecule has 2 N–H and O–H groups in total. The topological polar surface area (TPSA) is 97.8 Å². The maximum atomic E-state index is 12.2. The summed E-state index contributed by atoms with van der Waals surface area (Å²) in [5, 5.41) is 11.7. The van der Waals surface area contributed by atoms with E-state index in [4.69, 9.17) is 14.6 Å². The van der Waals surface area contributed by atoms with Crippen molar-refractivity contribution in [2.45, 2.75) is 0 Å². The number of ether oxygens (including phenoxy) is 2. The highest BCUT2D eigenvalue weighted by Gasteiger charge is 2.18. The molecule has 0 spiro atoms. The fourth-order valence-electron chi connectivity index (χ4n) is 2.08. The number of nitrogens with one attached hydrogen (secondary N) is 1. The van der Waals surface area contributed by atoms with Crippen LogP contribution in [0.25, 0.3) is 0 Å². The van der Waals surface area contributed by atoms with Crippen LogP contribution in [-0.2, 0) is 0 Å². The number of nitrogens with zero attached hydrogens (tertiary/aromatic N) is 1. The Morgan fingerprint density at radius 2 is 1.86 bits per heavy atom. The van der Waals surface area contributed by atoms with Gasteiger partial charge < -0.3 is 19.9 Å². The lowest BCUT2D eigenvalue weighted by Gasteiger charge is -2.19. The Balaban J connectivity index is 1.84. The summed E-state index contributed by atoms with van der Waals surface area (Å²) in [4.78, 5) is 27.1. The van der Waals surface area contributed by atoms with Crippen molar-refractivity contribution in [3.05, 3.63) is 47.8 Å². The van der Waals surface area contributed by atoms with Crippen LogP contribution >= 0.6 is 0 Å². The highest BCUT2D eigenvalue weighted by atomic mass is 16.6. The van der Waals surface area contributed by atoms with Gasteiger partial charge in [-0.05, 0) is 18.2 Å². The van der Waals surface area contributed by atoms with Gasteiger partial charge in [-0.2, -0.15) is 0 Å². The Bertz CT molecular complexity index is 744. The minimum Gasteiger partial charge on any atom is -0.486 e. The molecule has 0 bridgehead atoms. The summed E-state index contributed by atoms with van der Waals surface area (Å²) in [5.41, 5.74) is 0.373. The predicted molar refractivity (Wildman–Crippen MR) is 76.6 cm³/mol. The molecule has 7 heteroatoms. The van der Waals surface area contributed by atoms with Crippen molar-refractivity contribution in [1.82, 2.24) is 4.98 Å². The number of carbonyl (C=O) groups is 2. The van der Waals surface area contributed by atoms with Gasteiger partial charge in [0.2, 0.25) is 0 Å². The average Bonchev–Trinajstić information content (AvgIpc) is 2.54. The zero-order valence-corrected chi connectivity index (χ0v) is 11.4. The van der Waals surface area contributed by atoms with E-state index >= 15 is 0 Å². The van der Waals surface area contributed by atoms with Crippen LogP contribution in [0, 0.1) is 0 Å². The van der Waals surface area contributed by atoms with Gasteiger partial charge >= 0.3 is 5.97 Å². The summed E-state index contributed by atoms with van der Waals surface area (Å²) >= 11 is 0. The zero-order chi connectivity index (χ0) is 15.5. The van der Waals surface area contributed by atoms with E-state index in [-0.39, 0.29) is 11.1 Å². The van der Waals surface area contributed by atoms with Gasteiger partial charge in [-0.15, -0.1) is 0 Å². The quantitative estimate of drug-likeness (QED) is 0.897. The lowest BCUT2D eigenvalue weighted by Crippen LogP contribution is -2.18. The average molecular weight is 300 g/mol. The summed E-state index contributed by atoms with van der Waals surface area (Å²) in [6, 6.07) is 6.34. The van der Waals surface area contributed by atoms with Crippen molar-refractivity contribution in [3.8, 4) is 11.5 Å². The molecule has 0 atom stereocenters. The number of fused-ring (bicyclic) bond motifs is 1. The summed E-state index contributed by atoms with van der Waals surface area (Å²) in [5.74, 6) is -0.589. The van der Waals surface area contributed by atoms with Gasteiger partial charge in [-0.25, -0.2) is 4.79 Å². The molecule has 0 saturated heterocycles. The zero-order valence-electron chi connectivity index (χ0n) is 11.4. The first-order valence-corrected chi connectivity index (χ1v) is 6.53. The molecule has 0 aliphatic carbocycles. The van der Waals surface area contributed by atoms with E-state index < -0.39 is 11.9 Å². The Morgan fingerprint density at radius 3 is 2.64 bits per heavy atom. The molecule has 0 saturated carbocycles. The SMILES string of the molecule is O=C(O)c1cnccc1C(=O)Nc1ccc2c(c1)OCCO2. The number of carboxylic acids is 1. The molecule has 112 valence electrons. The van der Waals surface area contributed by atoms with Crippen molar-refractivity contribution in [2.24, 2.45) is 0 Å². The highest BCUT2D eigenvalue weighted by Crippen LogP contribution is 2.32. The van der Waals surface area contributed by atoms with Gasteiger partial charge in [-0.1, -0.05) is 0 Å². The summed E-state index contributed by atoms with van der Waals surface area (Å²) in [6.45, 7) is 0.926. The maximum Gasteiger partial charge on any atom is 0.338 e. The maximum absolute atomic E-state index is 12.2. The van der Waals surface area contributed by atoms with Crippen LogP contribution in [0.1, 0.15) is 20.7 Å². The minimum atomic E-state index is -1.21. The predicted octanol–water partition coefficient (Wildman–Crippen LogP) is 1.80. The number of hydrogen-bond donors (Lipinski definition) is 2. The first-order chi connectivity index (χ1) is 10.6. The molecule has 22 heavy (non-hydrogen) atoms. The lowest BCUT2D eigenvalue weighted by molar-refractivity contribution is 0.0692. The van der Waals surface area contributed by atoms with E-state index in [0.717, 1.165) is 6.20 Å². The van der Waals surface area contributed by atoms with Gasteiger partial charge in [0.1, 0.15) is 13.2 Å². The molecule has 1 amide bonds. The molecule has 3 rings (SSSR count). The molecule has 2 aromatic rings. The van der Waals surface area contributed by atoms with Crippen molar-refractivity contribution < 1.29 is 24.2 Å². The number of aromatic carboxylic acids is 1. The smallest absolute Gasteiger partial charge is 0.338 e. The summed E-state index contributed by atoms with van der Waals surface area (Å²) in [7, 11) is 0. The molecular weight excluding hydrogens is 288 g/mol. The Hall–Kier alpha value is -3.09. The molecule has 1 aromatic carbocycles. The second-order valence-corrected chi connectivity index (χ2v) is 4.54. The Kier molecular flexibility index (Phi) is 3.61. The first kappa shape index (κ1) is 13.9. The molecule has 0 radical (unpaired) electrons. The van der Waals surface area contributed by atoms with Gasteiger partial charge in [0, 0.05) is 24.1 Å². The third-order valence-electron chi connectivity index (χ3n) is 3.10. The van der Waals surface area contributed by atoms with Gasteiger partial charge in [0.15, 0.2) is 11.5 Å².